The molecule has 3 aromatic rings. The fourth-order valence-electron chi connectivity index (χ4n) is 2.76. The molecular formula is C20H17NO4. The van der Waals surface area contributed by atoms with E-state index in [1.54, 1.807) is 25.3 Å². The van der Waals surface area contributed by atoms with E-state index in [9.17, 15) is 14.7 Å². The predicted molar refractivity (Wildman–Crippen MR) is 95.7 cm³/mol. The fraction of sp³-hybridized carbons (Fsp3) is 0.100. The summed E-state index contributed by atoms with van der Waals surface area (Å²) in [5.41, 5.74) is 1.99. The molecule has 0 saturated carbocycles. The maximum atomic E-state index is 12.7. The zero-order valence-corrected chi connectivity index (χ0v) is 13.9. The van der Waals surface area contributed by atoms with Crippen LogP contribution >= 0.6 is 0 Å². The largest absolute Gasteiger partial charge is 0.495 e. The van der Waals surface area contributed by atoms with Gasteiger partial charge in [0.25, 0.3) is 5.56 Å². The molecule has 0 bridgehead atoms. The Balaban J connectivity index is 2.25. The molecule has 0 saturated heterocycles. The molecule has 25 heavy (non-hydrogen) atoms. The minimum atomic E-state index is -1.24. The zero-order chi connectivity index (χ0) is 18.0. The quantitative estimate of drug-likeness (QED) is 0.792. The van der Waals surface area contributed by atoms with Gasteiger partial charge in [-0.3, -0.25) is 9.36 Å². The average molecular weight is 335 g/mol. The Bertz CT molecular complexity index is 990. The molecule has 3 rings (SSSR count). The van der Waals surface area contributed by atoms with Crippen LogP contribution < -0.4 is 10.3 Å². The monoisotopic (exact) mass is 335 g/mol. The van der Waals surface area contributed by atoms with Gasteiger partial charge in [0.15, 0.2) is 0 Å². The minimum absolute atomic E-state index is 0.241. The van der Waals surface area contributed by atoms with Crippen molar-refractivity contribution in [2.24, 2.45) is 0 Å². The zero-order valence-electron chi connectivity index (χ0n) is 13.9. The van der Waals surface area contributed by atoms with Crippen molar-refractivity contribution in [3.05, 3.63) is 82.3 Å². The van der Waals surface area contributed by atoms with Crippen molar-refractivity contribution in [1.29, 1.82) is 0 Å². The highest BCUT2D eigenvalue weighted by Gasteiger charge is 2.17. The van der Waals surface area contributed by atoms with Gasteiger partial charge in [0.1, 0.15) is 11.3 Å². The van der Waals surface area contributed by atoms with E-state index in [-0.39, 0.29) is 5.56 Å². The topological polar surface area (TPSA) is 68.5 Å². The highest BCUT2D eigenvalue weighted by Crippen LogP contribution is 2.28. The van der Waals surface area contributed by atoms with E-state index in [4.69, 9.17) is 4.74 Å². The summed E-state index contributed by atoms with van der Waals surface area (Å²) in [6.07, 6.45) is 1.57. The lowest BCUT2D eigenvalue weighted by Gasteiger charge is -2.14. The van der Waals surface area contributed by atoms with Crippen LogP contribution in [0.25, 0.3) is 16.8 Å². The van der Waals surface area contributed by atoms with Crippen LogP contribution in [-0.2, 0) is 0 Å². The van der Waals surface area contributed by atoms with E-state index >= 15 is 0 Å². The Kier molecular flexibility index (Phi) is 4.39. The van der Waals surface area contributed by atoms with Crippen molar-refractivity contribution in [2.75, 3.05) is 7.11 Å². The molecule has 5 heteroatoms. The Morgan fingerprint density at radius 1 is 1.04 bits per heavy atom. The summed E-state index contributed by atoms with van der Waals surface area (Å²) in [5, 5.41) is 9.33. The molecule has 2 aromatic carbocycles. The number of hydrogen-bond acceptors (Lipinski definition) is 3. The maximum absolute atomic E-state index is 12.7. The lowest BCUT2D eigenvalue weighted by atomic mass is 10.0. The van der Waals surface area contributed by atoms with Crippen molar-refractivity contribution in [3.63, 3.8) is 0 Å². The number of carboxylic acids is 1. The van der Waals surface area contributed by atoms with Gasteiger partial charge in [-0.25, -0.2) is 4.79 Å². The smallest absolute Gasteiger partial charge is 0.341 e. The number of hydrogen-bond donors (Lipinski definition) is 1. The van der Waals surface area contributed by atoms with E-state index in [0.717, 1.165) is 11.1 Å². The number of methoxy groups -OCH3 is 1. The van der Waals surface area contributed by atoms with Gasteiger partial charge in [0.2, 0.25) is 0 Å². The lowest BCUT2D eigenvalue weighted by molar-refractivity contribution is 0.0693. The molecule has 126 valence electrons. The third-order valence-corrected chi connectivity index (χ3v) is 4.06. The third kappa shape index (κ3) is 3.04. The van der Waals surface area contributed by atoms with Crippen LogP contribution in [0.4, 0.5) is 0 Å². The van der Waals surface area contributed by atoms with Crippen molar-refractivity contribution < 1.29 is 14.6 Å². The Morgan fingerprint density at radius 3 is 2.40 bits per heavy atom. The van der Waals surface area contributed by atoms with Gasteiger partial charge in [-0.15, -0.1) is 0 Å². The summed E-state index contributed by atoms with van der Waals surface area (Å²) >= 11 is 0. The predicted octanol–water partition coefficient (Wildman–Crippen LogP) is 3.52. The number of carboxylic acid groups (broad SMARTS) is 1. The van der Waals surface area contributed by atoms with Gasteiger partial charge >= 0.3 is 5.97 Å². The summed E-state index contributed by atoms with van der Waals surface area (Å²) in [4.78, 5) is 24.1. The number of nitrogens with zero attached hydrogens (tertiary/aromatic N) is 1. The number of rotatable bonds is 4. The van der Waals surface area contributed by atoms with Crippen LogP contribution in [0.2, 0.25) is 0 Å². The number of carbonyl (C=O) groups is 1. The minimum Gasteiger partial charge on any atom is -0.495 e. The number of ether oxygens (including phenoxy) is 1. The fourth-order valence-corrected chi connectivity index (χ4v) is 2.76. The number of pyridine rings is 1. The Morgan fingerprint density at radius 2 is 1.76 bits per heavy atom. The summed E-state index contributed by atoms with van der Waals surface area (Å²) < 4.78 is 6.68. The Labute approximate surface area is 144 Å². The Hall–Kier alpha value is -3.34. The molecule has 1 heterocycles. The van der Waals surface area contributed by atoms with Crippen LogP contribution in [-0.4, -0.2) is 22.8 Å². The number of aromatic nitrogens is 1. The van der Waals surface area contributed by atoms with Gasteiger partial charge in [-0.2, -0.15) is 0 Å². The highest BCUT2D eigenvalue weighted by molar-refractivity contribution is 5.89. The van der Waals surface area contributed by atoms with Crippen LogP contribution in [0, 0.1) is 6.92 Å². The van der Waals surface area contributed by atoms with Crippen LogP contribution in [0.5, 0.6) is 5.75 Å². The lowest BCUT2D eigenvalue weighted by Crippen LogP contribution is -2.26. The summed E-state index contributed by atoms with van der Waals surface area (Å²) in [6.45, 7) is 1.60. The van der Waals surface area contributed by atoms with Crippen LogP contribution in [0.15, 0.2) is 65.6 Å². The van der Waals surface area contributed by atoms with Crippen molar-refractivity contribution in [1.82, 2.24) is 4.57 Å². The first kappa shape index (κ1) is 16.5. The average Bonchev–Trinajstić information content (AvgIpc) is 2.62. The summed E-state index contributed by atoms with van der Waals surface area (Å²) in [5.74, 6) is -0.753. The summed E-state index contributed by atoms with van der Waals surface area (Å²) in [7, 11) is 1.51. The second-order valence-corrected chi connectivity index (χ2v) is 5.61. The van der Waals surface area contributed by atoms with Crippen molar-refractivity contribution >= 4 is 5.97 Å². The first-order valence-electron chi connectivity index (χ1n) is 7.72. The molecule has 5 nitrogen and oxygen atoms in total. The molecule has 0 radical (unpaired) electrons. The second-order valence-electron chi connectivity index (χ2n) is 5.61. The molecule has 0 aliphatic heterocycles. The number of aromatic carboxylic acids is 1. The molecule has 0 amide bonds. The first-order valence-corrected chi connectivity index (χ1v) is 7.72. The van der Waals surface area contributed by atoms with E-state index in [2.05, 4.69) is 0 Å². The second kappa shape index (κ2) is 6.65. The molecule has 0 spiro atoms. The van der Waals surface area contributed by atoms with Crippen molar-refractivity contribution in [3.8, 4) is 22.6 Å². The van der Waals surface area contributed by atoms with Crippen LogP contribution in [0.1, 0.15) is 15.9 Å². The van der Waals surface area contributed by atoms with Gasteiger partial charge in [0, 0.05) is 6.20 Å². The molecular weight excluding hydrogens is 318 g/mol. The molecule has 0 aliphatic carbocycles. The maximum Gasteiger partial charge on any atom is 0.341 e. The first-order chi connectivity index (χ1) is 12.0. The summed E-state index contributed by atoms with van der Waals surface area (Å²) in [6, 6.07) is 16.8. The van der Waals surface area contributed by atoms with Crippen LogP contribution in [0.3, 0.4) is 0 Å². The van der Waals surface area contributed by atoms with E-state index in [1.807, 2.05) is 42.5 Å². The molecule has 1 N–H and O–H groups in total. The normalized spacial score (nSPS) is 10.5. The third-order valence-electron chi connectivity index (χ3n) is 4.06. The van der Waals surface area contributed by atoms with E-state index in [0.29, 0.717) is 17.0 Å². The standard InChI is InChI=1S/C20H17NO4/c1-13-10-11-21(19(22)18(13)20(23)24)16-12-15(8-9-17(16)25-2)14-6-4-3-5-7-14/h3-12H,1-2H3,(H,23,24). The molecule has 1 aromatic heterocycles. The van der Waals surface area contributed by atoms with Gasteiger partial charge in [0.05, 0.1) is 12.8 Å². The molecule has 0 fully saturated rings. The SMILES string of the molecule is COc1ccc(-c2ccccc2)cc1-n1ccc(C)c(C(=O)O)c1=O. The van der Waals surface area contributed by atoms with Gasteiger partial charge in [-0.05, 0) is 41.8 Å². The molecule has 0 atom stereocenters. The highest BCUT2D eigenvalue weighted by atomic mass is 16.5. The van der Waals surface area contributed by atoms with Gasteiger partial charge < -0.3 is 9.84 Å². The van der Waals surface area contributed by atoms with E-state index < -0.39 is 11.5 Å². The molecule has 0 aliphatic rings. The molecule has 0 unspecified atom stereocenters. The number of benzene rings is 2. The number of aryl methyl sites for hydroxylation is 1. The van der Waals surface area contributed by atoms with Gasteiger partial charge in [-0.1, -0.05) is 36.4 Å². The van der Waals surface area contributed by atoms with E-state index in [1.165, 1.54) is 11.7 Å². The van der Waals surface area contributed by atoms with Crippen molar-refractivity contribution in [2.45, 2.75) is 6.92 Å².